The Hall–Kier alpha value is -2.36. The van der Waals surface area contributed by atoms with Crippen LogP contribution in [-0.4, -0.2) is 18.0 Å². The van der Waals surface area contributed by atoms with E-state index in [-0.39, 0.29) is 11.9 Å². The maximum absolute atomic E-state index is 12.1. The molecule has 0 spiro atoms. The lowest BCUT2D eigenvalue weighted by Gasteiger charge is -2.18. The molecule has 4 nitrogen and oxygen atoms in total. The first-order chi connectivity index (χ1) is 11.2. The first-order valence-electron chi connectivity index (χ1n) is 8.06. The fraction of sp³-hybridized carbons (Fsp3) is 0.368. The zero-order valence-electron chi connectivity index (χ0n) is 13.8. The van der Waals surface area contributed by atoms with Gasteiger partial charge < -0.3 is 10.1 Å². The Morgan fingerprint density at radius 1 is 1.22 bits per heavy atom. The number of pyridine rings is 1. The van der Waals surface area contributed by atoms with Gasteiger partial charge in [0.05, 0.1) is 13.2 Å². The van der Waals surface area contributed by atoms with E-state index in [0.29, 0.717) is 6.42 Å². The molecule has 0 saturated carbocycles. The van der Waals surface area contributed by atoms with E-state index < -0.39 is 0 Å². The molecular weight excluding hydrogens is 288 g/mol. The quantitative estimate of drug-likeness (QED) is 0.809. The van der Waals surface area contributed by atoms with E-state index in [0.717, 1.165) is 36.3 Å². The topological polar surface area (TPSA) is 51.2 Å². The van der Waals surface area contributed by atoms with Crippen molar-refractivity contribution in [3.8, 4) is 5.75 Å². The number of carbonyl (C=O) groups excluding carboxylic acids is 1. The predicted molar refractivity (Wildman–Crippen MR) is 91.3 cm³/mol. The van der Waals surface area contributed by atoms with Crippen LogP contribution in [0.2, 0.25) is 0 Å². The molecule has 4 heteroatoms. The summed E-state index contributed by atoms with van der Waals surface area (Å²) >= 11 is 0. The van der Waals surface area contributed by atoms with Crippen molar-refractivity contribution < 1.29 is 9.53 Å². The Bertz CT molecular complexity index is 597. The van der Waals surface area contributed by atoms with Gasteiger partial charge in [-0.2, -0.15) is 0 Å². The minimum Gasteiger partial charge on any atom is -0.497 e. The minimum atomic E-state index is 0.0447. The summed E-state index contributed by atoms with van der Waals surface area (Å²) in [4.78, 5) is 16.4. The molecule has 1 atom stereocenters. The zero-order chi connectivity index (χ0) is 16.5. The van der Waals surface area contributed by atoms with Crippen molar-refractivity contribution in [1.29, 1.82) is 0 Å². The molecule has 0 aliphatic carbocycles. The van der Waals surface area contributed by atoms with Gasteiger partial charge in [-0.1, -0.05) is 25.1 Å². The fourth-order valence-corrected chi connectivity index (χ4v) is 2.50. The molecule has 1 unspecified atom stereocenters. The summed E-state index contributed by atoms with van der Waals surface area (Å²) in [7, 11) is 1.65. The molecule has 0 aliphatic heterocycles. The van der Waals surface area contributed by atoms with Gasteiger partial charge in [0, 0.05) is 18.3 Å². The van der Waals surface area contributed by atoms with Gasteiger partial charge in [-0.05, 0) is 49.1 Å². The average Bonchev–Trinajstić information content (AvgIpc) is 2.61. The molecule has 122 valence electrons. The third-order valence-corrected chi connectivity index (χ3v) is 3.82. The van der Waals surface area contributed by atoms with E-state index in [1.807, 2.05) is 42.5 Å². The van der Waals surface area contributed by atoms with Crippen LogP contribution in [0.1, 0.15) is 43.5 Å². The fourth-order valence-electron chi connectivity index (χ4n) is 2.50. The van der Waals surface area contributed by atoms with Crippen LogP contribution in [0, 0.1) is 0 Å². The molecule has 1 heterocycles. The lowest BCUT2D eigenvalue weighted by molar-refractivity contribution is -0.122. The SMILES string of the molecule is CCC(NC(=O)CCCc1ccccn1)c1ccc(OC)cc1. The van der Waals surface area contributed by atoms with Gasteiger partial charge in [0.2, 0.25) is 5.91 Å². The molecule has 1 N–H and O–H groups in total. The molecule has 1 aromatic heterocycles. The Balaban J connectivity index is 1.82. The smallest absolute Gasteiger partial charge is 0.220 e. The van der Waals surface area contributed by atoms with Gasteiger partial charge >= 0.3 is 0 Å². The van der Waals surface area contributed by atoms with Crippen molar-refractivity contribution in [2.45, 2.75) is 38.6 Å². The van der Waals surface area contributed by atoms with E-state index in [9.17, 15) is 4.79 Å². The minimum absolute atomic E-state index is 0.0447. The largest absolute Gasteiger partial charge is 0.497 e. The van der Waals surface area contributed by atoms with Crippen molar-refractivity contribution in [2.24, 2.45) is 0 Å². The molecule has 2 aromatic rings. The summed E-state index contributed by atoms with van der Waals surface area (Å²) in [6, 6.07) is 13.8. The number of aryl methyl sites for hydroxylation is 1. The number of benzene rings is 1. The van der Waals surface area contributed by atoms with E-state index in [2.05, 4.69) is 17.2 Å². The van der Waals surface area contributed by atoms with Gasteiger partial charge in [-0.25, -0.2) is 0 Å². The van der Waals surface area contributed by atoms with Crippen molar-refractivity contribution in [1.82, 2.24) is 10.3 Å². The van der Waals surface area contributed by atoms with Crippen molar-refractivity contribution in [3.05, 3.63) is 59.9 Å². The summed E-state index contributed by atoms with van der Waals surface area (Å²) in [5.41, 5.74) is 2.13. The van der Waals surface area contributed by atoms with Crippen LogP contribution in [0.5, 0.6) is 5.75 Å². The molecular formula is C19H24N2O2. The van der Waals surface area contributed by atoms with Gasteiger partial charge in [0.25, 0.3) is 0 Å². The Labute approximate surface area is 137 Å². The normalized spacial score (nSPS) is 11.7. The number of methoxy groups -OCH3 is 1. The number of rotatable bonds is 8. The molecule has 1 amide bonds. The zero-order valence-corrected chi connectivity index (χ0v) is 13.8. The number of amides is 1. The number of hydrogen-bond acceptors (Lipinski definition) is 3. The lowest BCUT2D eigenvalue weighted by Crippen LogP contribution is -2.28. The van der Waals surface area contributed by atoms with Crippen molar-refractivity contribution >= 4 is 5.91 Å². The molecule has 2 rings (SSSR count). The molecule has 0 bridgehead atoms. The van der Waals surface area contributed by atoms with E-state index in [1.54, 1.807) is 13.3 Å². The molecule has 0 fully saturated rings. The number of aromatic nitrogens is 1. The predicted octanol–water partition coefficient (Wildman–Crippen LogP) is 3.68. The first-order valence-corrected chi connectivity index (χ1v) is 8.06. The number of nitrogens with one attached hydrogen (secondary N) is 1. The van der Waals surface area contributed by atoms with Crippen LogP contribution in [0.4, 0.5) is 0 Å². The highest BCUT2D eigenvalue weighted by Gasteiger charge is 2.12. The van der Waals surface area contributed by atoms with Gasteiger partial charge in [-0.15, -0.1) is 0 Å². The number of nitrogens with zero attached hydrogens (tertiary/aromatic N) is 1. The average molecular weight is 312 g/mol. The highest BCUT2D eigenvalue weighted by atomic mass is 16.5. The third-order valence-electron chi connectivity index (χ3n) is 3.82. The molecule has 0 saturated heterocycles. The maximum Gasteiger partial charge on any atom is 0.220 e. The number of ether oxygens (including phenoxy) is 1. The summed E-state index contributed by atoms with van der Waals surface area (Å²) < 4.78 is 5.17. The van der Waals surface area contributed by atoms with Gasteiger partial charge in [-0.3, -0.25) is 9.78 Å². The van der Waals surface area contributed by atoms with Crippen LogP contribution in [0.25, 0.3) is 0 Å². The van der Waals surface area contributed by atoms with Crippen LogP contribution < -0.4 is 10.1 Å². The molecule has 0 aliphatic rings. The number of hydrogen-bond donors (Lipinski definition) is 1. The highest BCUT2D eigenvalue weighted by Crippen LogP contribution is 2.20. The second-order valence-electron chi connectivity index (χ2n) is 5.48. The summed E-state index contributed by atoms with van der Waals surface area (Å²) in [5.74, 6) is 0.911. The Morgan fingerprint density at radius 3 is 2.61 bits per heavy atom. The van der Waals surface area contributed by atoms with E-state index in [4.69, 9.17) is 4.74 Å². The van der Waals surface area contributed by atoms with Crippen LogP contribution in [0.15, 0.2) is 48.7 Å². The van der Waals surface area contributed by atoms with Crippen molar-refractivity contribution in [3.63, 3.8) is 0 Å². The van der Waals surface area contributed by atoms with Crippen LogP contribution in [-0.2, 0) is 11.2 Å². The summed E-state index contributed by atoms with van der Waals surface area (Å²) in [6.07, 6.45) is 4.79. The maximum atomic E-state index is 12.1. The van der Waals surface area contributed by atoms with Crippen molar-refractivity contribution in [2.75, 3.05) is 7.11 Å². The second kappa shape index (κ2) is 8.93. The van der Waals surface area contributed by atoms with Crippen LogP contribution >= 0.6 is 0 Å². The lowest BCUT2D eigenvalue weighted by atomic mass is 10.0. The third kappa shape index (κ3) is 5.40. The number of carbonyl (C=O) groups is 1. The second-order valence-corrected chi connectivity index (χ2v) is 5.48. The standard InChI is InChI=1S/C19H24N2O2/c1-3-18(15-10-12-17(23-2)13-11-15)21-19(22)9-6-8-16-7-4-5-14-20-16/h4-5,7,10-14,18H,3,6,8-9H2,1-2H3,(H,21,22). The highest BCUT2D eigenvalue weighted by molar-refractivity contribution is 5.76. The van der Waals surface area contributed by atoms with Gasteiger partial charge in [0.15, 0.2) is 0 Å². The van der Waals surface area contributed by atoms with E-state index >= 15 is 0 Å². The summed E-state index contributed by atoms with van der Waals surface area (Å²) in [5, 5.41) is 3.11. The monoisotopic (exact) mass is 312 g/mol. The molecule has 1 aromatic carbocycles. The van der Waals surface area contributed by atoms with E-state index in [1.165, 1.54) is 0 Å². The van der Waals surface area contributed by atoms with Crippen LogP contribution in [0.3, 0.4) is 0 Å². The Morgan fingerprint density at radius 2 is 2.00 bits per heavy atom. The van der Waals surface area contributed by atoms with Gasteiger partial charge in [0.1, 0.15) is 5.75 Å². The molecule has 23 heavy (non-hydrogen) atoms. The summed E-state index contributed by atoms with van der Waals surface area (Å²) in [6.45, 7) is 2.07. The molecule has 0 radical (unpaired) electrons. The Kier molecular flexibility index (Phi) is 6.60. The first kappa shape index (κ1) is 17.0.